The first kappa shape index (κ1) is 15.5. The lowest BCUT2D eigenvalue weighted by Crippen LogP contribution is -2.28. The van der Waals surface area contributed by atoms with Gasteiger partial charge in [0.1, 0.15) is 0 Å². The Morgan fingerprint density at radius 1 is 1.15 bits per heavy atom. The topological polar surface area (TPSA) is 35.2 Å². The van der Waals surface area contributed by atoms with Crippen molar-refractivity contribution in [3.8, 4) is 0 Å². The van der Waals surface area contributed by atoms with Gasteiger partial charge in [-0.2, -0.15) is 0 Å². The number of hydrogen-bond acceptors (Lipinski definition) is 2. The van der Waals surface area contributed by atoms with Gasteiger partial charge < -0.3 is 10.5 Å². The molecule has 3 atom stereocenters. The van der Waals surface area contributed by atoms with Crippen LogP contribution in [0.5, 0.6) is 0 Å². The summed E-state index contributed by atoms with van der Waals surface area (Å²) in [6.45, 7) is 9.71. The number of aryl methyl sites for hydroxylation is 3. The van der Waals surface area contributed by atoms with E-state index < -0.39 is 0 Å². The van der Waals surface area contributed by atoms with Crippen LogP contribution in [0, 0.1) is 5.92 Å². The molecule has 0 aliphatic carbocycles. The average Bonchev–Trinajstić information content (AvgIpc) is 2.91. The van der Waals surface area contributed by atoms with Crippen LogP contribution in [0.1, 0.15) is 62.4 Å². The van der Waals surface area contributed by atoms with Gasteiger partial charge in [0.25, 0.3) is 0 Å². The van der Waals surface area contributed by atoms with E-state index in [4.69, 9.17) is 10.5 Å². The summed E-state index contributed by atoms with van der Waals surface area (Å²) >= 11 is 0. The Labute approximate surface area is 123 Å². The number of nitrogens with two attached hydrogens (primary N) is 1. The number of benzene rings is 1. The lowest BCUT2D eigenvalue weighted by molar-refractivity contribution is 0.0993. The molecular weight excluding hydrogens is 246 g/mol. The fourth-order valence-corrected chi connectivity index (χ4v) is 3.50. The van der Waals surface area contributed by atoms with Gasteiger partial charge in [-0.25, -0.2) is 0 Å². The smallest absolute Gasteiger partial charge is 0.0594 e. The minimum absolute atomic E-state index is 0.114. The minimum atomic E-state index is 0.114. The van der Waals surface area contributed by atoms with E-state index in [1.807, 2.05) is 0 Å². The lowest BCUT2D eigenvalue weighted by Gasteiger charge is -2.27. The molecule has 1 fully saturated rings. The number of ether oxygens (including phenoxy) is 1. The van der Waals surface area contributed by atoms with Crippen LogP contribution in [0.15, 0.2) is 12.1 Å². The minimum Gasteiger partial charge on any atom is -0.378 e. The van der Waals surface area contributed by atoms with Crippen LogP contribution < -0.4 is 5.73 Å². The van der Waals surface area contributed by atoms with Crippen LogP contribution in [0.4, 0.5) is 0 Å². The zero-order valence-electron chi connectivity index (χ0n) is 13.4. The van der Waals surface area contributed by atoms with Crippen molar-refractivity contribution in [1.82, 2.24) is 0 Å². The molecule has 112 valence electrons. The van der Waals surface area contributed by atoms with E-state index in [0.29, 0.717) is 5.92 Å². The van der Waals surface area contributed by atoms with E-state index >= 15 is 0 Å². The maximum absolute atomic E-state index is 6.66. The quantitative estimate of drug-likeness (QED) is 0.887. The first-order chi connectivity index (χ1) is 9.62. The second-order valence-electron chi connectivity index (χ2n) is 5.94. The predicted molar refractivity (Wildman–Crippen MR) is 85.0 cm³/mol. The van der Waals surface area contributed by atoms with E-state index in [-0.39, 0.29) is 12.1 Å². The van der Waals surface area contributed by atoms with Gasteiger partial charge in [0.15, 0.2) is 0 Å². The molecule has 3 unspecified atom stereocenters. The third-order valence-corrected chi connectivity index (χ3v) is 4.81. The van der Waals surface area contributed by atoms with Gasteiger partial charge in [-0.05, 0) is 54.9 Å². The number of hydrogen-bond donors (Lipinski definition) is 1. The van der Waals surface area contributed by atoms with E-state index in [0.717, 1.165) is 32.3 Å². The second kappa shape index (κ2) is 6.73. The van der Waals surface area contributed by atoms with E-state index in [1.165, 1.54) is 22.3 Å². The largest absolute Gasteiger partial charge is 0.378 e. The van der Waals surface area contributed by atoms with Crippen LogP contribution in [0.25, 0.3) is 0 Å². The molecule has 2 rings (SSSR count). The fraction of sp³-hybridized carbons (Fsp3) is 0.667. The summed E-state index contributed by atoms with van der Waals surface area (Å²) in [6.07, 6.45) is 4.59. The van der Waals surface area contributed by atoms with Crippen molar-refractivity contribution in [1.29, 1.82) is 0 Å². The normalized spacial score (nSPS) is 24.1. The molecule has 2 heteroatoms. The molecule has 1 aliphatic heterocycles. The Bertz CT molecular complexity index is 430. The van der Waals surface area contributed by atoms with Gasteiger partial charge in [0.05, 0.1) is 6.10 Å². The Morgan fingerprint density at radius 3 is 2.15 bits per heavy atom. The summed E-state index contributed by atoms with van der Waals surface area (Å²) < 4.78 is 5.72. The summed E-state index contributed by atoms with van der Waals surface area (Å²) in [6, 6.07) is 4.83. The average molecular weight is 275 g/mol. The standard InChI is InChI=1S/C18H29NO/c1-5-13-10-14(6-2)17(15(7-3)11-13)18(19)16-8-9-20-12(16)4/h10-12,16,18H,5-9,19H2,1-4H3. The zero-order chi connectivity index (χ0) is 14.7. The molecule has 0 radical (unpaired) electrons. The highest BCUT2D eigenvalue weighted by Gasteiger charge is 2.32. The summed E-state index contributed by atoms with van der Waals surface area (Å²) in [5.74, 6) is 0.457. The van der Waals surface area contributed by atoms with Gasteiger partial charge in [-0.15, -0.1) is 0 Å². The molecule has 0 aromatic heterocycles. The van der Waals surface area contributed by atoms with Gasteiger partial charge in [0, 0.05) is 18.6 Å². The SMILES string of the molecule is CCc1cc(CC)c(C(N)C2CCOC2C)c(CC)c1. The molecular formula is C18H29NO. The van der Waals surface area contributed by atoms with Gasteiger partial charge in [0.2, 0.25) is 0 Å². The molecule has 1 heterocycles. The summed E-state index contributed by atoms with van der Waals surface area (Å²) in [5, 5.41) is 0. The van der Waals surface area contributed by atoms with Crippen molar-refractivity contribution in [2.75, 3.05) is 6.61 Å². The Balaban J connectivity index is 2.42. The third kappa shape index (κ3) is 2.91. The van der Waals surface area contributed by atoms with Crippen molar-refractivity contribution < 1.29 is 4.74 Å². The highest BCUT2D eigenvalue weighted by atomic mass is 16.5. The molecule has 0 saturated carbocycles. The van der Waals surface area contributed by atoms with Crippen LogP contribution >= 0.6 is 0 Å². The maximum Gasteiger partial charge on any atom is 0.0594 e. The molecule has 2 N–H and O–H groups in total. The van der Waals surface area contributed by atoms with Crippen molar-refractivity contribution in [3.05, 3.63) is 34.4 Å². The van der Waals surface area contributed by atoms with E-state index in [9.17, 15) is 0 Å². The molecule has 20 heavy (non-hydrogen) atoms. The molecule has 0 bridgehead atoms. The first-order valence-corrected chi connectivity index (χ1v) is 8.14. The monoisotopic (exact) mass is 275 g/mol. The van der Waals surface area contributed by atoms with Crippen LogP contribution in [0.3, 0.4) is 0 Å². The first-order valence-electron chi connectivity index (χ1n) is 8.14. The summed E-state index contributed by atoms with van der Waals surface area (Å²) in [4.78, 5) is 0. The van der Waals surface area contributed by atoms with Crippen LogP contribution in [-0.4, -0.2) is 12.7 Å². The highest BCUT2D eigenvalue weighted by molar-refractivity contribution is 5.42. The van der Waals surface area contributed by atoms with Crippen molar-refractivity contribution in [2.45, 2.75) is 65.5 Å². The predicted octanol–water partition coefficient (Wildman–Crippen LogP) is 3.80. The summed E-state index contributed by atoms with van der Waals surface area (Å²) in [7, 11) is 0. The zero-order valence-corrected chi connectivity index (χ0v) is 13.4. The molecule has 1 aromatic rings. The Kier molecular flexibility index (Phi) is 5.22. The lowest BCUT2D eigenvalue weighted by atomic mass is 9.82. The molecule has 0 spiro atoms. The van der Waals surface area contributed by atoms with Gasteiger partial charge >= 0.3 is 0 Å². The van der Waals surface area contributed by atoms with Crippen molar-refractivity contribution in [3.63, 3.8) is 0 Å². The molecule has 0 amide bonds. The highest BCUT2D eigenvalue weighted by Crippen LogP contribution is 2.35. The van der Waals surface area contributed by atoms with E-state index in [1.54, 1.807) is 0 Å². The fourth-order valence-electron chi connectivity index (χ4n) is 3.50. The van der Waals surface area contributed by atoms with E-state index in [2.05, 4.69) is 39.8 Å². The van der Waals surface area contributed by atoms with Gasteiger partial charge in [-0.3, -0.25) is 0 Å². The molecule has 1 saturated heterocycles. The summed E-state index contributed by atoms with van der Waals surface area (Å²) in [5.41, 5.74) is 12.4. The molecule has 1 aliphatic rings. The molecule has 2 nitrogen and oxygen atoms in total. The van der Waals surface area contributed by atoms with Crippen LogP contribution in [0.2, 0.25) is 0 Å². The van der Waals surface area contributed by atoms with Crippen LogP contribution in [-0.2, 0) is 24.0 Å². The molecule has 1 aromatic carbocycles. The number of rotatable bonds is 5. The maximum atomic E-state index is 6.66. The second-order valence-corrected chi connectivity index (χ2v) is 5.94. The Hall–Kier alpha value is -0.860. The van der Waals surface area contributed by atoms with Crippen molar-refractivity contribution in [2.24, 2.45) is 11.7 Å². The third-order valence-electron chi connectivity index (χ3n) is 4.81. The Morgan fingerprint density at radius 2 is 1.75 bits per heavy atom. The van der Waals surface area contributed by atoms with Crippen molar-refractivity contribution >= 4 is 0 Å². The van der Waals surface area contributed by atoms with Gasteiger partial charge in [-0.1, -0.05) is 32.9 Å².